The predicted molar refractivity (Wildman–Crippen MR) is 103 cm³/mol. The second-order valence-electron chi connectivity index (χ2n) is 5.75. The van der Waals surface area contributed by atoms with Crippen LogP contribution in [0.2, 0.25) is 0 Å². The highest BCUT2D eigenvalue weighted by atomic mass is 32.2. The summed E-state index contributed by atoms with van der Waals surface area (Å²) < 4.78 is 24.0. The molecule has 0 atom stereocenters. The van der Waals surface area contributed by atoms with Crippen LogP contribution in [0.1, 0.15) is 4.88 Å². The van der Waals surface area contributed by atoms with E-state index in [1.165, 1.54) is 17.4 Å². The minimum absolute atomic E-state index is 0.00212. The zero-order chi connectivity index (χ0) is 19.6. The van der Waals surface area contributed by atoms with E-state index < -0.39 is 16.1 Å². The van der Waals surface area contributed by atoms with Crippen molar-refractivity contribution >= 4 is 27.4 Å². The summed E-state index contributed by atoms with van der Waals surface area (Å²) in [5, 5.41) is 17.3. The van der Waals surface area contributed by atoms with Crippen molar-refractivity contribution < 1.29 is 18.4 Å². The molecule has 0 radical (unpaired) electrons. The van der Waals surface area contributed by atoms with Gasteiger partial charge in [0.2, 0.25) is 10.0 Å². The van der Waals surface area contributed by atoms with E-state index in [0.29, 0.717) is 26.6 Å². The van der Waals surface area contributed by atoms with Gasteiger partial charge in [-0.25, -0.2) is 23.4 Å². The van der Waals surface area contributed by atoms with Crippen LogP contribution in [0, 0.1) is 0 Å². The molecule has 0 aliphatic heterocycles. The van der Waals surface area contributed by atoms with Crippen LogP contribution >= 0.6 is 11.3 Å². The molecule has 2 aromatic carbocycles. The van der Waals surface area contributed by atoms with E-state index in [1.54, 1.807) is 23.6 Å². The number of nitrogens with two attached hydrogens (primary N) is 2. The van der Waals surface area contributed by atoms with Crippen LogP contribution in [-0.4, -0.2) is 24.7 Å². The zero-order valence-electron chi connectivity index (χ0n) is 14.1. The molecule has 0 fully saturated rings. The molecule has 7 nitrogen and oxygen atoms in total. The quantitative estimate of drug-likeness (QED) is 0.447. The highest BCUT2D eigenvalue weighted by molar-refractivity contribution is 7.89. The Morgan fingerprint density at radius 3 is 2.30 bits per heavy atom. The monoisotopic (exact) mass is 403 g/mol. The summed E-state index contributed by atoms with van der Waals surface area (Å²) in [4.78, 5) is 11.9. The minimum atomic E-state index is -3.94. The average Bonchev–Trinajstić information content (AvgIpc) is 3.05. The minimum Gasteiger partial charge on any atom is -0.350 e. The van der Waals surface area contributed by atoms with E-state index >= 15 is 0 Å². The first-order valence-corrected chi connectivity index (χ1v) is 10.3. The summed E-state index contributed by atoms with van der Waals surface area (Å²) in [6.07, 6.45) is 0. The maximum atomic E-state index is 12.0. The maximum Gasteiger partial charge on any atom is 0.338 e. The van der Waals surface area contributed by atoms with Gasteiger partial charge in [-0.1, -0.05) is 48.5 Å². The Hall–Kier alpha value is -2.72. The number of nitrogens with zero attached hydrogens (tertiary/aromatic N) is 1. The first kappa shape index (κ1) is 19.1. The molecule has 0 aliphatic carbocycles. The van der Waals surface area contributed by atoms with Gasteiger partial charge in [0.15, 0.2) is 0 Å². The second-order valence-corrected chi connectivity index (χ2v) is 8.24. The first-order valence-electron chi connectivity index (χ1n) is 7.83. The number of sulfonamides is 1. The average molecular weight is 403 g/mol. The van der Waals surface area contributed by atoms with E-state index in [4.69, 9.17) is 10.9 Å². The van der Waals surface area contributed by atoms with E-state index in [-0.39, 0.29) is 11.4 Å². The molecular weight excluding hydrogens is 386 g/mol. The van der Waals surface area contributed by atoms with E-state index in [9.17, 15) is 18.4 Å². The molecule has 1 heterocycles. The molecule has 3 rings (SSSR count). The summed E-state index contributed by atoms with van der Waals surface area (Å²) in [6.45, 7) is -0.123. The van der Waals surface area contributed by atoms with Crippen LogP contribution < -0.4 is 10.9 Å². The predicted octanol–water partition coefficient (Wildman–Crippen LogP) is 3.00. The molecule has 27 heavy (non-hydrogen) atoms. The van der Waals surface area contributed by atoms with Gasteiger partial charge in [-0.15, -0.1) is 11.3 Å². The maximum absolute atomic E-state index is 12.0. The molecule has 0 saturated carbocycles. The van der Waals surface area contributed by atoms with Gasteiger partial charge in [0.1, 0.15) is 0 Å². The number of thiophene rings is 1. The van der Waals surface area contributed by atoms with Gasteiger partial charge in [0.25, 0.3) is 0 Å². The number of hydrogen-bond acceptors (Lipinski definition) is 5. The SMILES string of the molecule is NC(=O)N(O)Cc1scc(-c2ccccc2S(N)(=O)=O)c1-c1ccccc1. The Labute approximate surface area is 160 Å². The van der Waals surface area contributed by atoms with E-state index in [0.717, 1.165) is 5.56 Å². The molecule has 1 aromatic heterocycles. The van der Waals surface area contributed by atoms with Gasteiger partial charge in [-0.3, -0.25) is 5.21 Å². The van der Waals surface area contributed by atoms with Crippen molar-refractivity contribution in [2.24, 2.45) is 10.9 Å². The third-order valence-electron chi connectivity index (χ3n) is 3.96. The Balaban J connectivity index is 2.24. The zero-order valence-corrected chi connectivity index (χ0v) is 15.7. The van der Waals surface area contributed by atoms with Crippen molar-refractivity contribution in [1.29, 1.82) is 0 Å². The van der Waals surface area contributed by atoms with Crippen LogP contribution in [0.4, 0.5) is 4.79 Å². The van der Waals surface area contributed by atoms with Gasteiger partial charge >= 0.3 is 6.03 Å². The second kappa shape index (κ2) is 7.49. The Kier molecular flexibility index (Phi) is 5.29. The van der Waals surface area contributed by atoms with Gasteiger partial charge in [-0.2, -0.15) is 0 Å². The summed E-state index contributed by atoms with van der Waals surface area (Å²) in [7, 11) is -3.94. The molecule has 0 aliphatic rings. The molecular formula is C18H17N3O4S2. The third kappa shape index (κ3) is 4.01. The number of hydrogen-bond donors (Lipinski definition) is 3. The van der Waals surface area contributed by atoms with Gasteiger partial charge < -0.3 is 5.73 Å². The molecule has 9 heteroatoms. The smallest absolute Gasteiger partial charge is 0.338 e. The fourth-order valence-corrected chi connectivity index (χ4v) is 4.59. The largest absolute Gasteiger partial charge is 0.350 e. The molecule has 2 amide bonds. The first-order chi connectivity index (χ1) is 12.8. The topological polar surface area (TPSA) is 127 Å². The molecule has 0 unspecified atom stereocenters. The fraction of sp³-hybridized carbons (Fsp3) is 0.0556. The lowest BCUT2D eigenvalue weighted by atomic mass is 9.96. The van der Waals surface area contributed by atoms with Crippen molar-refractivity contribution in [3.8, 4) is 22.3 Å². The Morgan fingerprint density at radius 2 is 1.67 bits per heavy atom. The molecule has 0 spiro atoms. The van der Waals surface area contributed by atoms with Crippen molar-refractivity contribution in [2.45, 2.75) is 11.4 Å². The third-order valence-corrected chi connectivity index (χ3v) is 5.90. The number of primary amides is 1. The number of hydroxylamine groups is 2. The number of carbonyl (C=O) groups is 1. The van der Waals surface area contributed by atoms with E-state index in [1.807, 2.05) is 30.3 Å². The van der Waals surface area contributed by atoms with Crippen molar-refractivity contribution in [2.75, 3.05) is 0 Å². The molecule has 5 N–H and O–H groups in total. The van der Waals surface area contributed by atoms with Crippen molar-refractivity contribution in [3.63, 3.8) is 0 Å². The number of benzene rings is 2. The molecule has 0 saturated heterocycles. The number of rotatable bonds is 5. The van der Waals surface area contributed by atoms with Gasteiger partial charge in [0.05, 0.1) is 11.4 Å². The Morgan fingerprint density at radius 1 is 1.04 bits per heavy atom. The van der Waals surface area contributed by atoms with Crippen LogP contribution in [0.25, 0.3) is 22.3 Å². The number of carbonyl (C=O) groups excluding carboxylic acids is 1. The lowest BCUT2D eigenvalue weighted by Gasteiger charge is -2.14. The van der Waals surface area contributed by atoms with Crippen LogP contribution in [0.15, 0.2) is 64.9 Å². The summed E-state index contributed by atoms with van der Waals surface area (Å²) in [5.74, 6) is 0. The van der Waals surface area contributed by atoms with Gasteiger partial charge in [-0.05, 0) is 17.0 Å². The standard InChI is InChI=1S/C18H17N3O4S2/c19-18(22)21(23)10-15-17(12-6-2-1-3-7-12)14(11-26-15)13-8-4-5-9-16(13)27(20,24)25/h1-9,11,23H,10H2,(H2,19,22)(H2,20,24,25). The lowest BCUT2D eigenvalue weighted by molar-refractivity contribution is -0.0461. The number of primary sulfonamides is 1. The highest BCUT2D eigenvalue weighted by Crippen LogP contribution is 2.41. The Bertz CT molecular complexity index is 1080. The van der Waals surface area contributed by atoms with Gasteiger partial charge in [0, 0.05) is 21.6 Å². The van der Waals surface area contributed by atoms with Crippen LogP contribution in [0.3, 0.4) is 0 Å². The van der Waals surface area contributed by atoms with Crippen LogP contribution in [-0.2, 0) is 16.6 Å². The molecule has 0 bridgehead atoms. The lowest BCUT2D eigenvalue weighted by Crippen LogP contribution is -2.31. The summed E-state index contributed by atoms with van der Waals surface area (Å²) >= 11 is 1.29. The highest BCUT2D eigenvalue weighted by Gasteiger charge is 2.22. The van der Waals surface area contributed by atoms with Crippen molar-refractivity contribution in [1.82, 2.24) is 5.06 Å². The van der Waals surface area contributed by atoms with Crippen LogP contribution in [0.5, 0.6) is 0 Å². The van der Waals surface area contributed by atoms with Crippen molar-refractivity contribution in [3.05, 3.63) is 64.9 Å². The number of amides is 2. The number of urea groups is 1. The summed E-state index contributed by atoms with van der Waals surface area (Å²) in [5.41, 5.74) is 7.73. The normalized spacial score (nSPS) is 11.3. The molecule has 3 aromatic rings. The molecule has 140 valence electrons. The summed E-state index contributed by atoms with van der Waals surface area (Å²) in [6, 6.07) is 14.7. The van der Waals surface area contributed by atoms with E-state index in [2.05, 4.69) is 0 Å². The fourth-order valence-electron chi connectivity index (χ4n) is 2.79.